The smallest absolute Gasteiger partial charge is 0.251 e. The molecular weight excluding hydrogens is 440 g/mol. The molecule has 2 amide bonds. The molecule has 1 heterocycles. The van der Waals surface area contributed by atoms with E-state index in [1.165, 1.54) is 0 Å². The predicted molar refractivity (Wildman–Crippen MR) is 135 cm³/mol. The van der Waals surface area contributed by atoms with Crippen LogP contribution in [0, 0.1) is 18.3 Å². The van der Waals surface area contributed by atoms with Crippen molar-refractivity contribution < 1.29 is 14.3 Å². The van der Waals surface area contributed by atoms with Gasteiger partial charge in [0, 0.05) is 28.4 Å². The Kier molecular flexibility index (Phi) is 7.12. The standard InChI is InChI=1S/C28H26N4O3/c1-19-18-32(20(2)27(33)31-23-8-6-7-21(15-23)17-29)26-16-22(11-12-25(19)26)28(34)30-13-14-35-24-9-4-3-5-10-24/h3-12,15-16,18,20H,13-14H2,1-2H3,(H,30,34)(H,31,33). The number of anilines is 1. The van der Waals surface area contributed by atoms with E-state index in [1.54, 1.807) is 43.3 Å². The summed E-state index contributed by atoms with van der Waals surface area (Å²) in [4.78, 5) is 25.7. The molecule has 0 aliphatic rings. The van der Waals surface area contributed by atoms with Crippen LogP contribution in [-0.4, -0.2) is 29.5 Å². The summed E-state index contributed by atoms with van der Waals surface area (Å²) >= 11 is 0. The van der Waals surface area contributed by atoms with Crippen molar-refractivity contribution in [1.82, 2.24) is 9.88 Å². The Balaban J connectivity index is 1.46. The lowest BCUT2D eigenvalue weighted by Crippen LogP contribution is -2.28. The van der Waals surface area contributed by atoms with Gasteiger partial charge in [-0.3, -0.25) is 9.59 Å². The van der Waals surface area contributed by atoms with Gasteiger partial charge in [-0.1, -0.05) is 30.3 Å². The van der Waals surface area contributed by atoms with Crippen molar-refractivity contribution in [3.8, 4) is 11.8 Å². The number of nitrogens with one attached hydrogen (secondary N) is 2. The van der Waals surface area contributed by atoms with Gasteiger partial charge in [0.2, 0.25) is 5.91 Å². The van der Waals surface area contributed by atoms with Crippen LogP contribution in [-0.2, 0) is 4.79 Å². The average molecular weight is 467 g/mol. The monoisotopic (exact) mass is 466 g/mol. The molecule has 1 atom stereocenters. The van der Waals surface area contributed by atoms with Crippen molar-refractivity contribution in [3.63, 3.8) is 0 Å². The molecule has 0 aliphatic carbocycles. The highest BCUT2D eigenvalue weighted by Gasteiger charge is 2.19. The van der Waals surface area contributed by atoms with E-state index in [0.717, 1.165) is 22.2 Å². The molecule has 1 unspecified atom stereocenters. The molecule has 3 aromatic carbocycles. The average Bonchev–Trinajstić information content (AvgIpc) is 3.22. The number of para-hydroxylation sites is 1. The Labute approximate surface area is 203 Å². The van der Waals surface area contributed by atoms with E-state index in [-0.39, 0.29) is 11.8 Å². The second-order valence-corrected chi connectivity index (χ2v) is 8.23. The minimum Gasteiger partial charge on any atom is -0.492 e. The van der Waals surface area contributed by atoms with Crippen LogP contribution in [0.5, 0.6) is 5.75 Å². The molecule has 2 N–H and O–H groups in total. The number of fused-ring (bicyclic) bond motifs is 1. The van der Waals surface area contributed by atoms with Crippen LogP contribution in [0.1, 0.15) is 34.5 Å². The van der Waals surface area contributed by atoms with Crippen LogP contribution < -0.4 is 15.4 Å². The number of nitriles is 1. The van der Waals surface area contributed by atoms with Crippen molar-refractivity contribution in [1.29, 1.82) is 5.26 Å². The van der Waals surface area contributed by atoms with Gasteiger partial charge in [0.15, 0.2) is 0 Å². The molecule has 176 valence electrons. The first-order valence-corrected chi connectivity index (χ1v) is 11.3. The topological polar surface area (TPSA) is 96.2 Å². The maximum Gasteiger partial charge on any atom is 0.251 e. The van der Waals surface area contributed by atoms with Crippen LogP contribution in [0.4, 0.5) is 5.69 Å². The number of ether oxygens (including phenoxy) is 1. The Hall–Kier alpha value is -4.57. The minimum absolute atomic E-state index is 0.209. The SMILES string of the molecule is Cc1cn(C(C)C(=O)Nc2cccc(C#N)c2)c2cc(C(=O)NCCOc3ccccc3)ccc12. The van der Waals surface area contributed by atoms with Crippen molar-refractivity contribution >= 4 is 28.4 Å². The molecule has 7 heteroatoms. The fourth-order valence-electron chi connectivity index (χ4n) is 3.88. The number of nitrogens with zero attached hydrogens (tertiary/aromatic N) is 2. The maximum atomic E-state index is 13.0. The van der Waals surface area contributed by atoms with Crippen LogP contribution >= 0.6 is 0 Å². The second kappa shape index (κ2) is 10.6. The largest absolute Gasteiger partial charge is 0.492 e. The summed E-state index contributed by atoms with van der Waals surface area (Å²) in [5, 5.41) is 15.8. The molecule has 0 aliphatic heterocycles. The first-order chi connectivity index (χ1) is 17.0. The molecular formula is C28H26N4O3. The van der Waals surface area contributed by atoms with E-state index in [1.807, 2.05) is 54.1 Å². The van der Waals surface area contributed by atoms with Crippen LogP contribution in [0.15, 0.2) is 79.0 Å². The zero-order valence-corrected chi connectivity index (χ0v) is 19.6. The van der Waals surface area contributed by atoms with E-state index >= 15 is 0 Å². The lowest BCUT2D eigenvalue weighted by atomic mass is 10.1. The molecule has 35 heavy (non-hydrogen) atoms. The molecule has 0 bridgehead atoms. The third-order valence-corrected chi connectivity index (χ3v) is 5.75. The Morgan fingerprint density at radius 1 is 1.06 bits per heavy atom. The summed E-state index contributed by atoms with van der Waals surface area (Å²) in [5.74, 6) is 0.326. The Morgan fingerprint density at radius 2 is 1.86 bits per heavy atom. The number of benzene rings is 3. The fourth-order valence-corrected chi connectivity index (χ4v) is 3.88. The minimum atomic E-state index is -0.533. The number of aromatic nitrogens is 1. The number of carbonyl (C=O) groups is 2. The summed E-state index contributed by atoms with van der Waals surface area (Å²) in [6.45, 7) is 4.50. The normalized spacial score (nSPS) is 11.5. The zero-order chi connectivity index (χ0) is 24.8. The van der Waals surface area contributed by atoms with Crippen LogP contribution in [0.2, 0.25) is 0 Å². The third kappa shape index (κ3) is 5.50. The quantitative estimate of drug-likeness (QED) is 0.364. The fraction of sp³-hybridized carbons (Fsp3) is 0.179. The lowest BCUT2D eigenvalue weighted by Gasteiger charge is -2.16. The van der Waals surface area contributed by atoms with E-state index in [9.17, 15) is 9.59 Å². The number of hydrogen-bond donors (Lipinski definition) is 2. The van der Waals surface area contributed by atoms with Crippen molar-refractivity contribution in [2.75, 3.05) is 18.5 Å². The molecule has 0 spiro atoms. The predicted octanol–water partition coefficient (Wildman–Crippen LogP) is 4.83. The van der Waals surface area contributed by atoms with E-state index in [2.05, 4.69) is 16.7 Å². The number of hydrogen-bond acceptors (Lipinski definition) is 4. The highest BCUT2D eigenvalue weighted by atomic mass is 16.5. The van der Waals surface area contributed by atoms with Crippen LogP contribution in [0.25, 0.3) is 10.9 Å². The number of carbonyl (C=O) groups excluding carboxylic acids is 2. The van der Waals surface area contributed by atoms with Gasteiger partial charge in [0.25, 0.3) is 5.91 Å². The van der Waals surface area contributed by atoms with Gasteiger partial charge in [0.05, 0.1) is 18.2 Å². The molecule has 4 rings (SSSR count). The zero-order valence-electron chi connectivity index (χ0n) is 19.6. The van der Waals surface area contributed by atoms with E-state index in [4.69, 9.17) is 10.00 Å². The molecule has 4 aromatic rings. The molecule has 0 saturated carbocycles. The van der Waals surface area contributed by atoms with Gasteiger partial charge in [-0.05, 0) is 61.9 Å². The number of amides is 2. The summed E-state index contributed by atoms with van der Waals surface area (Å²) in [7, 11) is 0. The van der Waals surface area contributed by atoms with Crippen LogP contribution in [0.3, 0.4) is 0 Å². The van der Waals surface area contributed by atoms with Crippen molar-refractivity contribution in [3.05, 3.63) is 95.7 Å². The van der Waals surface area contributed by atoms with Gasteiger partial charge in [-0.25, -0.2) is 0 Å². The summed E-state index contributed by atoms with van der Waals surface area (Å²) in [5.41, 5.74) is 3.35. The van der Waals surface area contributed by atoms with E-state index in [0.29, 0.717) is 30.0 Å². The van der Waals surface area contributed by atoms with Gasteiger partial charge in [-0.15, -0.1) is 0 Å². The van der Waals surface area contributed by atoms with Gasteiger partial charge in [-0.2, -0.15) is 5.26 Å². The Morgan fingerprint density at radius 3 is 2.63 bits per heavy atom. The number of aryl methyl sites for hydroxylation is 1. The molecule has 0 radical (unpaired) electrons. The molecule has 1 aromatic heterocycles. The van der Waals surface area contributed by atoms with Gasteiger partial charge < -0.3 is 19.9 Å². The molecule has 0 fully saturated rings. The maximum absolute atomic E-state index is 13.0. The summed E-state index contributed by atoms with van der Waals surface area (Å²) < 4.78 is 7.49. The van der Waals surface area contributed by atoms with Crippen molar-refractivity contribution in [2.24, 2.45) is 0 Å². The first-order valence-electron chi connectivity index (χ1n) is 11.3. The van der Waals surface area contributed by atoms with Crippen molar-refractivity contribution in [2.45, 2.75) is 19.9 Å². The highest BCUT2D eigenvalue weighted by Crippen LogP contribution is 2.26. The lowest BCUT2D eigenvalue weighted by molar-refractivity contribution is -0.118. The third-order valence-electron chi connectivity index (χ3n) is 5.75. The van der Waals surface area contributed by atoms with Gasteiger partial charge in [0.1, 0.15) is 18.4 Å². The van der Waals surface area contributed by atoms with Gasteiger partial charge >= 0.3 is 0 Å². The van der Waals surface area contributed by atoms with E-state index < -0.39 is 6.04 Å². The number of rotatable bonds is 8. The molecule has 7 nitrogen and oxygen atoms in total. The first kappa shape index (κ1) is 23.6. The second-order valence-electron chi connectivity index (χ2n) is 8.23. The summed E-state index contributed by atoms with van der Waals surface area (Å²) in [6, 6.07) is 23.2. The highest BCUT2D eigenvalue weighted by molar-refractivity contribution is 6.00. The Bertz CT molecular complexity index is 1400. The molecule has 0 saturated heterocycles. The summed E-state index contributed by atoms with van der Waals surface area (Å²) in [6.07, 6.45) is 1.91.